The van der Waals surface area contributed by atoms with Crippen molar-refractivity contribution in [1.82, 2.24) is 9.88 Å². The molecule has 5 heteroatoms. The molecule has 1 aliphatic carbocycles. The van der Waals surface area contributed by atoms with E-state index in [0.29, 0.717) is 6.04 Å². The maximum atomic E-state index is 5.79. The number of aromatic nitrogens is 1. The first kappa shape index (κ1) is 14.4. The van der Waals surface area contributed by atoms with Crippen molar-refractivity contribution in [2.24, 2.45) is 0 Å². The highest BCUT2D eigenvalue weighted by atomic mass is 79.9. The van der Waals surface area contributed by atoms with E-state index in [1.807, 2.05) is 12.4 Å². The van der Waals surface area contributed by atoms with Gasteiger partial charge < -0.3 is 9.47 Å². The minimum atomic E-state index is -0.255. The Morgan fingerprint density at radius 1 is 1.30 bits per heavy atom. The van der Waals surface area contributed by atoms with Crippen LogP contribution in [0.5, 0.6) is 0 Å². The lowest BCUT2D eigenvalue weighted by Gasteiger charge is -2.39. The topological polar surface area (TPSA) is 34.6 Å². The summed E-state index contributed by atoms with van der Waals surface area (Å²) in [5, 5.41) is 0. The fourth-order valence-corrected chi connectivity index (χ4v) is 3.64. The average molecular weight is 341 g/mol. The van der Waals surface area contributed by atoms with Crippen molar-refractivity contribution in [3.63, 3.8) is 0 Å². The zero-order valence-electron chi connectivity index (χ0n) is 11.8. The SMILES string of the molecule is CN(Cc1cncc(Br)c1)C1CCC2(CC1)OCCO2. The number of pyridine rings is 1. The molecule has 2 fully saturated rings. The quantitative estimate of drug-likeness (QED) is 0.847. The summed E-state index contributed by atoms with van der Waals surface area (Å²) in [5.41, 5.74) is 1.25. The smallest absolute Gasteiger partial charge is 0.168 e. The number of hydrogen-bond acceptors (Lipinski definition) is 4. The van der Waals surface area contributed by atoms with Crippen molar-refractivity contribution in [3.8, 4) is 0 Å². The van der Waals surface area contributed by atoms with Crippen molar-refractivity contribution in [3.05, 3.63) is 28.5 Å². The third-order valence-corrected chi connectivity index (χ3v) is 4.78. The van der Waals surface area contributed by atoms with Crippen LogP contribution in [-0.4, -0.2) is 42.0 Å². The van der Waals surface area contributed by atoms with Gasteiger partial charge in [-0.3, -0.25) is 9.88 Å². The molecule has 0 N–H and O–H groups in total. The lowest BCUT2D eigenvalue weighted by atomic mass is 9.89. The highest BCUT2D eigenvalue weighted by Crippen LogP contribution is 2.37. The molecule has 1 aliphatic heterocycles. The first-order valence-electron chi connectivity index (χ1n) is 7.24. The highest BCUT2D eigenvalue weighted by molar-refractivity contribution is 9.10. The lowest BCUT2D eigenvalue weighted by molar-refractivity contribution is -0.183. The fourth-order valence-electron chi connectivity index (χ4n) is 3.23. The third-order valence-electron chi connectivity index (χ3n) is 4.35. The molecular weight excluding hydrogens is 320 g/mol. The number of nitrogens with zero attached hydrogens (tertiary/aromatic N) is 2. The first-order chi connectivity index (χ1) is 9.67. The van der Waals surface area contributed by atoms with Crippen molar-refractivity contribution in [2.45, 2.75) is 44.1 Å². The van der Waals surface area contributed by atoms with E-state index >= 15 is 0 Å². The zero-order chi connectivity index (χ0) is 14.0. The number of ether oxygens (including phenoxy) is 2. The second kappa shape index (κ2) is 6.10. The van der Waals surface area contributed by atoms with Crippen LogP contribution in [-0.2, 0) is 16.0 Å². The van der Waals surface area contributed by atoms with Crippen LogP contribution in [0.4, 0.5) is 0 Å². The van der Waals surface area contributed by atoms with Crippen molar-refractivity contribution < 1.29 is 9.47 Å². The van der Waals surface area contributed by atoms with E-state index < -0.39 is 0 Å². The van der Waals surface area contributed by atoms with Gasteiger partial charge in [0, 0.05) is 42.3 Å². The minimum Gasteiger partial charge on any atom is -0.348 e. The molecule has 4 nitrogen and oxygen atoms in total. The van der Waals surface area contributed by atoms with Gasteiger partial charge in [-0.1, -0.05) is 0 Å². The van der Waals surface area contributed by atoms with Gasteiger partial charge in [0.1, 0.15) is 0 Å². The predicted octanol–water partition coefficient (Wildman–Crippen LogP) is 2.96. The molecule has 3 rings (SSSR count). The van der Waals surface area contributed by atoms with E-state index in [1.54, 1.807) is 0 Å². The Bertz CT molecular complexity index is 453. The Morgan fingerprint density at radius 3 is 2.65 bits per heavy atom. The molecule has 20 heavy (non-hydrogen) atoms. The molecule has 0 amide bonds. The molecule has 0 atom stereocenters. The summed E-state index contributed by atoms with van der Waals surface area (Å²) < 4.78 is 12.6. The van der Waals surface area contributed by atoms with Gasteiger partial charge >= 0.3 is 0 Å². The van der Waals surface area contributed by atoms with Crippen LogP contribution in [0.2, 0.25) is 0 Å². The molecule has 0 radical (unpaired) electrons. The van der Waals surface area contributed by atoms with E-state index in [-0.39, 0.29) is 5.79 Å². The maximum Gasteiger partial charge on any atom is 0.168 e. The molecule has 110 valence electrons. The van der Waals surface area contributed by atoms with E-state index in [9.17, 15) is 0 Å². The summed E-state index contributed by atoms with van der Waals surface area (Å²) >= 11 is 3.47. The standard InChI is InChI=1S/C15H21BrN2O2/c1-18(11-12-8-13(16)10-17-9-12)14-2-4-15(5-3-14)19-6-7-20-15/h8-10,14H,2-7,11H2,1H3. The van der Waals surface area contributed by atoms with Crippen molar-refractivity contribution in [1.29, 1.82) is 0 Å². The van der Waals surface area contributed by atoms with Gasteiger partial charge in [0.2, 0.25) is 0 Å². The van der Waals surface area contributed by atoms with Crippen LogP contribution in [0.25, 0.3) is 0 Å². The monoisotopic (exact) mass is 340 g/mol. The van der Waals surface area contributed by atoms with Gasteiger partial charge in [0.05, 0.1) is 13.2 Å². The second-order valence-electron chi connectivity index (χ2n) is 5.77. The molecule has 2 heterocycles. The lowest BCUT2D eigenvalue weighted by Crippen LogP contribution is -2.42. The minimum absolute atomic E-state index is 0.255. The molecule has 1 aromatic rings. The van der Waals surface area contributed by atoms with E-state index in [4.69, 9.17) is 9.47 Å². The van der Waals surface area contributed by atoms with E-state index in [0.717, 1.165) is 49.9 Å². The molecule has 1 spiro atoms. The summed E-state index contributed by atoms with van der Waals surface area (Å²) in [7, 11) is 2.19. The summed E-state index contributed by atoms with van der Waals surface area (Å²) in [6, 6.07) is 2.74. The first-order valence-corrected chi connectivity index (χ1v) is 8.04. The summed E-state index contributed by atoms with van der Waals surface area (Å²) in [4.78, 5) is 6.65. The van der Waals surface area contributed by atoms with Crippen LogP contribution in [0.15, 0.2) is 22.9 Å². The Hall–Kier alpha value is -0.490. The van der Waals surface area contributed by atoms with Gasteiger partial charge in [-0.15, -0.1) is 0 Å². The van der Waals surface area contributed by atoms with Crippen LogP contribution >= 0.6 is 15.9 Å². The van der Waals surface area contributed by atoms with E-state index in [1.165, 1.54) is 5.56 Å². The molecule has 1 saturated heterocycles. The number of hydrogen-bond donors (Lipinski definition) is 0. The van der Waals surface area contributed by atoms with Gasteiger partial charge in [-0.2, -0.15) is 0 Å². The molecule has 1 aromatic heterocycles. The fraction of sp³-hybridized carbons (Fsp3) is 0.667. The Morgan fingerprint density at radius 2 is 2.00 bits per heavy atom. The second-order valence-corrected chi connectivity index (χ2v) is 6.68. The van der Waals surface area contributed by atoms with Crippen molar-refractivity contribution >= 4 is 15.9 Å². The van der Waals surface area contributed by atoms with Gasteiger partial charge in [-0.05, 0) is 47.4 Å². The molecular formula is C15H21BrN2O2. The summed E-state index contributed by atoms with van der Waals surface area (Å²) in [6.45, 7) is 2.44. The van der Waals surface area contributed by atoms with Gasteiger partial charge in [0.25, 0.3) is 0 Å². The Labute approximate surface area is 128 Å². The number of rotatable bonds is 3. The molecule has 1 saturated carbocycles. The average Bonchev–Trinajstić information content (AvgIpc) is 2.88. The largest absolute Gasteiger partial charge is 0.348 e. The zero-order valence-corrected chi connectivity index (χ0v) is 13.4. The molecule has 0 unspecified atom stereocenters. The summed E-state index contributed by atoms with van der Waals surface area (Å²) in [6.07, 6.45) is 8.06. The Balaban J connectivity index is 1.55. The third kappa shape index (κ3) is 3.22. The Kier molecular flexibility index (Phi) is 4.40. The van der Waals surface area contributed by atoms with E-state index in [2.05, 4.69) is 38.9 Å². The number of halogens is 1. The molecule has 0 aromatic carbocycles. The van der Waals surface area contributed by atoms with Crippen molar-refractivity contribution in [2.75, 3.05) is 20.3 Å². The van der Waals surface area contributed by atoms with Crippen LogP contribution in [0.3, 0.4) is 0 Å². The maximum absolute atomic E-state index is 5.79. The highest BCUT2D eigenvalue weighted by Gasteiger charge is 2.40. The van der Waals surface area contributed by atoms with Gasteiger partial charge in [0.15, 0.2) is 5.79 Å². The summed E-state index contributed by atoms with van der Waals surface area (Å²) in [5.74, 6) is -0.255. The van der Waals surface area contributed by atoms with Crippen LogP contribution in [0.1, 0.15) is 31.2 Å². The predicted molar refractivity (Wildman–Crippen MR) is 80.3 cm³/mol. The molecule has 0 bridgehead atoms. The molecule has 2 aliphatic rings. The van der Waals surface area contributed by atoms with Gasteiger partial charge in [-0.25, -0.2) is 0 Å². The van der Waals surface area contributed by atoms with Crippen LogP contribution in [0, 0.1) is 0 Å². The van der Waals surface area contributed by atoms with Crippen LogP contribution < -0.4 is 0 Å². The normalized spacial score (nSPS) is 22.8.